The van der Waals surface area contributed by atoms with Crippen molar-refractivity contribution in [3.05, 3.63) is 79.8 Å². The summed E-state index contributed by atoms with van der Waals surface area (Å²) in [5.41, 5.74) is 4.06. The van der Waals surface area contributed by atoms with Crippen molar-refractivity contribution in [2.75, 3.05) is 7.11 Å². The van der Waals surface area contributed by atoms with Gasteiger partial charge in [0.25, 0.3) is 0 Å². The Labute approximate surface area is 187 Å². The van der Waals surface area contributed by atoms with E-state index in [1.165, 1.54) is 6.21 Å². The van der Waals surface area contributed by atoms with Gasteiger partial charge in [0.15, 0.2) is 17.3 Å². The summed E-state index contributed by atoms with van der Waals surface area (Å²) in [6, 6.07) is 14.5. The molecule has 0 bridgehead atoms. The van der Waals surface area contributed by atoms with Gasteiger partial charge in [-0.05, 0) is 65.4 Å². The normalized spacial score (nSPS) is 10.9. The third-order valence-corrected chi connectivity index (χ3v) is 5.10. The van der Waals surface area contributed by atoms with Crippen LogP contribution in [0.25, 0.3) is 0 Å². The van der Waals surface area contributed by atoms with E-state index in [1.54, 1.807) is 32.2 Å². The number of carbonyl (C=O) groups excluding carboxylic acids is 1. The van der Waals surface area contributed by atoms with Crippen LogP contribution < -0.4 is 14.9 Å². The predicted molar refractivity (Wildman–Crippen MR) is 120 cm³/mol. The van der Waals surface area contributed by atoms with E-state index >= 15 is 0 Å². The predicted octanol–water partition coefficient (Wildman–Crippen LogP) is 5.20. The summed E-state index contributed by atoms with van der Waals surface area (Å²) >= 11 is 8.35. The van der Waals surface area contributed by atoms with Crippen LogP contribution in [0.2, 0.25) is 5.02 Å². The maximum Gasteiger partial charge on any atom is 0.307 e. The third kappa shape index (κ3) is 5.51. The molecule has 0 saturated carbocycles. The van der Waals surface area contributed by atoms with E-state index in [1.807, 2.05) is 30.3 Å². The molecule has 0 aliphatic rings. The highest BCUT2D eigenvalue weighted by atomic mass is 127. The molecule has 0 unspecified atom stereocenters. The third-order valence-electron chi connectivity index (χ3n) is 3.93. The SMILES string of the molecule is COc1cc(/C=N\NC(=O)c2ccc(C)o2)cc(I)c1OCc1ccccc1Cl. The Kier molecular flexibility index (Phi) is 7.16. The average Bonchev–Trinajstić information content (AvgIpc) is 3.14. The first-order valence-corrected chi connectivity index (χ1v) is 10.1. The number of halogens is 2. The van der Waals surface area contributed by atoms with Gasteiger partial charge >= 0.3 is 5.91 Å². The number of methoxy groups -OCH3 is 1. The Balaban J connectivity index is 1.70. The molecule has 0 fully saturated rings. The highest BCUT2D eigenvalue weighted by Gasteiger charge is 2.13. The Bertz CT molecular complexity index is 1050. The molecule has 0 aliphatic heterocycles. The molecule has 0 atom stereocenters. The number of hydrogen-bond acceptors (Lipinski definition) is 5. The van der Waals surface area contributed by atoms with E-state index < -0.39 is 5.91 Å². The van der Waals surface area contributed by atoms with Crippen molar-refractivity contribution in [3.63, 3.8) is 0 Å². The van der Waals surface area contributed by atoms with Crippen LogP contribution >= 0.6 is 34.2 Å². The van der Waals surface area contributed by atoms with Gasteiger partial charge in [0.05, 0.1) is 16.9 Å². The number of aryl methyl sites for hydroxylation is 1. The van der Waals surface area contributed by atoms with Gasteiger partial charge in [-0.3, -0.25) is 4.79 Å². The van der Waals surface area contributed by atoms with Crippen molar-refractivity contribution in [1.29, 1.82) is 0 Å². The minimum atomic E-state index is -0.421. The first-order chi connectivity index (χ1) is 14.0. The molecule has 1 heterocycles. The Morgan fingerprint density at radius 1 is 1.28 bits per heavy atom. The molecule has 3 aromatic rings. The molecular weight excluding hydrogens is 507 g/mol. The van der Waals surface area contributed by atoms with Crippen molar-refractivity contribution >= 4 is 46.3 Å². The molecule has 0 saturated heterocycles. The molecule has 6 nitrogen and oxygen atoms in total. The lowest BCUT2D eigenvalue weighted by Gasteiger charge is -2.14. The zero-order valence-corrected chi connectivity index (χ0v) is 18.7. The summed E-state index contributed by atoms with van der Waals surface area (Å²) < 4.78 is 17.5. The molecule has 2 aromatic carbocycles. The number of ether oxygens (including phenoxy) is 2. The molecule has 0 aliphatic carbocycles. The van der Waals surface area contributed by atoms with Gasteiger partial charge in [-0.25, -0.2) is 5.43 Å². The van der Waals surface area contributed by atoms with Gasteiger partial charge in [-0.2, -0.15) is 5.10 Å². The molecule has 150 valence electrons. The standard InChI is InChI=1S/C21H18ClIN2O4/c1-13-7-8-18(29-13)21(26)25-24-11-14-9-17(23)20(19(10-14)27-2)28-12-15-5-3-4-6-16(15)22/h3-11H,12H2,1-2H3,(H,25,26)/b24-11-. The van der Waals surface area contributed by atoms with Crippen molar-refractivity contribution in [2.45, 2.75) is 13.5 Å². The van der Waals surface area contributed by atoms with Gasteiger partial charge in [-0.15, -0.1) is 0 Å². The van der Waals surface area contributed by atoms with Crippen molar-refractivity contribution in [3.8, 4) is 11.5 Å². The van der Waals surface area contributed by atoms with Crippen LogP contribution in [0.5, 0.6) is 11.5 Å². The molecule has 3 rings (SSSR count). The lowest BCUT2D eigenvalue weighted by atomic mass is 10.2. The number of nitrogens with one attached hydrogen (secondary N) is 1. The second-order valence-electron chi connectivity index (χ2n) is 6.02. The number of hydrogen-bond donors (Lipinski definition) is 1. The zero-order valence-electron chi connectivity index (χ0n) is 15.7. The van der Waals surface area contributed by atoms with Gasteiger partial charge in [-0.1, -0.05) is 29.8 Å². The van der Waals surface area contributed by atoms with Crippen LogP contribution in [-0.4, -0.2) is 19.2 Å². The minimum Gasteiger partial charge on any atom is -0.493 e. The summed E-state index contributed by atoms with van der Waals surface area (Å²) in [7, 11) is 1.57. The number of nitrogens with zero attached hydrogens (tertiary/aromatic N) is 1. The number of furan rings is 1. The highest BCUT2D eigenvalue weighted by molar-refractivity contribution is 14.1. The van der Waals surface area contributed by atoms with Gasteiger partial charge in [0.1, 0.15) is 12.4 Å². The second-order valence-corrected chi connectivity index (χ2v) is 7.59. The Morgan fingerprint density at radius 3 is 2.76 bits per heavy atom. The topological polar surface area (TPSA) is 73.1 Å². The van der Waals surface area contributed by atoms with E-state index in [2.05, 4.69) is 33.1 Å². The fourth-order valence-electron chi connectivity index (χ4n) is 2.50. The van der Waals surface area contributed by atoms with Crippen molar-refractivity contribution < 1.29 is 18.7 Å². The van der Waals surface area contributed by atoms with Crippen LogP contribution in [0.1, 0.15) is 27.4 Å². The molecular formula is C21H18ClIN2O4. The van der Waals surface area contributed by atoms with Crippen molar-refractivity contribution in [1.82, 2.24) is 5.43 Å². The first-order valence-electron chi connectivity index (χ1n) is 8.61. The Morgan fingerprint density at radius 2 is 2.07 bits per heavy atom. The summed E-state index contributed by atoms with van der Waals surface area (Å²) in [6.07, 6.45) is 1.52. The maximum absolute atomic E-state index is 12.0. The monoisotopic (exact) mass is 524 g/mol. The van der Waals surface area contributed by atoms with Crippen LogP contribution in [0.15, 0.2) is 58.0 Å². The number of amides is 1. The molecule has 0 radical (unpaired) electrons. The number of hydrazone groups is 1. The lowest BCUT2D eigenvalue weighted by Crippen LogP contribution is -2.16. The smallest absolute Gasteiger partial charge is 0.307 e. The van der Waals surface area contributed by atoms with E-state index in [9.17, 15) is 4.79 Å². The van der Waals surface area contributed by atoms with E-state index in [-0.39, 0.29) is 5.76 Å². The zero-order chi connectivity index (χ0) is 20.8. The summed E-state index contributed by atoms with van der Waals surface area (Å²) in [4.78, 5) is 12.0. The van der Waals surface area contributed by atoms with Gasteiger partial charge < -0.3 is 13.9 Å². The van der Waals surface area contributed by atoms with E-state index in [0.29, 0.717) is 28.9 Å². The Hall–Kier alpha value is -2.52. The highest BCUT2D eigenvalue weighted by Crippen LogP contribution is 2.34. The van der Waals surface area contributed by atoms with Crippen molar-refractivity contribution in [2.24, 2.45) is 5.10 Å². The molecule has 1 N–H and O–H groups in total. The van der Waals surface area contributed by atoms with Crippen LogP contribution in [0, 0.1) is 10.5 Å². The molecule has 1 aromatic heterocycles. The van der Waals surface area contributed by atoms with Gasteiger partial charge in [0, 0.05) is 10.6 Å². The van der Waals surface area contributed by atoms with Crippen LogP contribution in [0.3, 0.4) is 0 Å². The van der Waals surface area contributed by atoms with Crippen LogP contribution in [-0.2, 0) is 6.61 Å². The molecule has 1 amide bonds. The van der Waals surface area contributed by atoms with Gasteiger partial charge in [0.2, 0.25) is 0 Å². The molecule has 8 heteroatoms. The molecule has 0 spiro atoms. The minimum absolute atomic E-state index is 0.204. The van der Waals surface area contributed by atoms with E-state index in [0.717, 1.165) is 14.7 Å². The number of rotatable bonds is 7. The fraction of sp³-hybridized carbons (Fsp3) is 0.143. The van der Waals surface area contributed by atoms with E-state index in [4.69, 9.17) is 25.5 Å². The summed E-state index contributed by atoms with van der Waals surface area (Å²) in [5, 5.41) is 4.62. The first kappa shape index (κ1) is 21.2. The van der Waals surface area contributed by atoms with Crippen LogP contribution in [0.4, 0.5) is 0 Å². The maximum atomic E-state index is 12.0. The summed E-state index contributed by atoms with van der Waals surface area (Å²) in [5.74, 6) is 1.61. The second kappa shape index (κ2) is 9.80. The summed E-state index contributed by atoms with van der Waals surface area (Å²) in [6.45, 7) is 2.09. The fourth-order valence-corrected chi connectivity index (χ4v) is 3.47. The largest absolute Gasteiger partial charge is 0.493 e. The molecule has 29 heavy (non-hydrogen) atoms. The quantitative estimate of drug-likeness (QED) is 0.262. The number of benzene rings is 2. The number of carbonyl (C=O) groups is 1. The average molecular weight is 525 g/mol. The lowest BCUT2D eigenvalue weighted by molar-refractivity contribution is 0.0926.